The van der Waals surface area contributed by atoms with Crippen LogP contribution in [0.5, 0.6) is 11.5 Å². The SMILES string of the molecule is C=C1CCC2(OC/C=C/c3ccccc3)C(N(C)CC3CC3)Cc3ccc(OC)c4c3[C@@]2(C)[C@H]1O4. The molecule has 2 unspecified atom stereocenters. The number of likely N-dealkylation sites (N-methyl/N-ethyl adjacent to an activating group) is 1. The van der Waals surface area contributed by atoms with Crippen molar-refractivity contribution in [1.82, 2.24) is 4.90 Å². The van der Waals surface area contributed by atoms with Crippen molar-refractivity contribution in [3.63, 3.8) is 0 Å². The van der Waals surface area contributed by atoms with E-state index in [0.717, 1.165) is 43.2 Å². The molecule has 0 N–H and O–H groups in total. The van der Waals surface area contributed by atoms with Crippen LogP contribution in [0.2, 0.25) is 0 Å². The van der Waals surface area contributed by atoms with Crippen molar-refractivity contribution in [2.75, 3.05) is 27.3 Å². The maximum Gasteiger partial charge on any atom is 0.166 e. The molecule has 0 radical (unpaired) electrons. The van der Waals surface area contributed by atoms with Crippen molar-refractivity contribution in [1.29, 1.82) is 0 Å². The molecule has 0 bridgehead atoms. The number of hydrogen-bond acceptors (Lipinski definition) is 4. The Kier molecular flexibility index (Phi) is 5.58. The average Bonchev–Trinajstić information content (AvgIpc) is 3.62. The molecule has 0 aromatic heterocycles. The number of benzene rings is 2. The van der Waals surface area contributed by atoms with Crippen molar-refractivity contribution in [3.05, 3.63) is 77.4 Å². The first kappa shape index (κ1) is 22.9. The first-order chi connectivity index (χ1) is 17.0. The molecule has 6 rings (SSSR count). The minimum Gasteiger partial charge on any atom is -0.493 e. The summed E-state index contributed by atoms with van der Waals surface area (Å²) in [7, 11) is 4.04. The minimum absolute atomic E-state index is 0.100. The van der Waals surface area contributed by atoms with Gasteiger partial charge >= 0.3 is 0 Å². The Morgan fingerprint density at radius 3 is 2.71 bits per heavy atom. The Bertz CT molecular complexity index is 1150. The van der Waals surface area contributed by atoms with Crippen LogP contribution in [0.4, 0.5) is 0 Å². The largest absolute Gasteiger partial charge is 0.493 e. The van der Waals surface area contributed by atoms with Crippen LogP contribution >= 0.6 is 0 Å². The van der Waals surface area contributed by atoms with E-state index in [9.17, 15) is 0 Å². The topological polar surface area (TPSA) is 30.9 Å². The summed E-state index contributed by atoms with van der Waals surface area (Å²) in [5.41, 5.74) is 4.33. The third kappa shape index (κ3) is 3.48. The summed E-state index contributed by atoms with van der Waals surface area (Å²) in [6.07, 6.45) is 9.77. The van der Waals surface area contributed by atoms with Gasteiger partial charge in [-0.1, -0.05) is 55.1 Å². The maximum absolute atomic E-state index is 7.13. The van der Waals surface area contributed by atoms with E-state index < -0.39 is 0 Å². The van der Waals surface area contributed by atoms with Gasteiger partial charge in [0.25, 0.3) is 0 Å². The molecule has 2 aromatic carbocycles. The van der Waals surface area contributed by atoms with Gasteiger partial charge in [0.15, 0.2) is 11.5 Å². The fraction of sp³-hybridized carbons (Fsp3) is 0.484. The molecule has 0 saturated heterocycles. The van der Waals surface area contributed by atoms with Gasteiger partial charge in [-0.2, -0.15) is 0 Å². The number of methoxy groups -OCH3 is 1. The predicted molar refractivity (Wildman–Crippen MR) is 140 cm³/mol. The molecule has 3 aliphatic carbocycles. The molecule has 4 atom stereocenters. The summed E-state index contributed by atoms with van der Waals surface area (Å²) in [6.45, 7) is 8.56. The van der Waals surface area contributed by atoms with Gasteiger partial charge in [0, 0.05) is 18.2 Å². The lowest BCUT2D eigenvalue weighted by Gasteiger charge is -2.60. The van der Waals surface area contributed by atoms with Crippen LogP contribution in [-0.4, -0.2) is 50.0 Å². The Hall–Kier alpha value is -2.56. The molecule has 0 spiro atoms. The molecule has 35 heavy (non-hydrogen) atoms. The third-order valence-corrected chi connectivity index (χ3v) is 9.05. The van der Waals surface area contributed by atoms with E-state index in [2.05, 4.69) is 80.1 Å². The Morgan fingerprint density at radius 1 is 1.17 bits per heavy atom. The second kappa shape index (κ2) is 8.53. The van der Waals surface area contributed by atoms with Gasteiger partial charge in [0.1, 0.15) is 6.10 Å². The monoisotopic (exact) mass is 471 g/mol. The van der Waals surface area contributed by atoms with E-state index in [1.165, 1.54) is 35.1 Å². The molecular weight excluding hydrogens is 434 g/mol. The molecular formula is C31H37NO3. The Balaban J connectivity index is 1.43. The summed E-state index contributed by atoms with van der Waals surface area (Å²) in [5, 5.41) is 0. The molecule has 184 valence electrons. The molecule has 1 aliphatic heterocycles. The first-order valence-electron chi connectivity index (χ1n) is 13.1. The zero-order valence-corrected chi connectivity index (χ0v) is 21.3. The highest BCUT2D eigenvalue weighted by Crippen LogP contribution is 2.64. The highest BCUT2D eigenvalue weighted by molar-refractivity contribution is 5.63. The van der Waals surface area contributed by atoms with E-state index >= 15 is 0 Å². The van der Waals surface area contributed by atoms with E-state index in [1.807, 2.05) is 0 Å². The lowest BCUT2D eigenvalue weighted by Crippen LogP contribution is -2.71. The van der Waals surface area contributed by atoms with Gasteiger partial charge in [0.05, 0.1) is 24.7 Å². The van der Waals surface area contributed by atoms with Crippen LogP contribution in [0.1, 0.15) is 49.3 Å². The quantitative estimate of drug-likeness (QED) is 0.456. The van der Waals surface area contributed by atoms with E-state index in [1.54, 1.807) is 7.11 Å². The first-order valence-corrected chi connectivity index (χ1v) is 13.1. The molecule has 2 fully saturated rings. The van der Waals surface area contributed by atoms with Gasteiger partial charge in [-0.25, -0.2) is 0 Å². The summed E-state index contributed by atoms with van der Waals surface area (Å²) >= 11 is 0. The zero-order chi connectivity index (χ0) is 24.2. The fourth-order valence-electron chi connectivity index (χ4n) is 7.15. The maximum atomic E-state index is 7.13. The summed E-state index contributed by atoms with van der Waals surface area (Å²) in [5.74, 6) is 2.54. The van der Waals surface area contributed by atoms with Gasteiger partial charge < -0.3 is 14.2 Å². The molecule has 4 aliphatic rings. The van der Waals surface area contributed by atoms with Crippen LogP contribution in [0.15, 0.2) is 60.7 Å². The number of hydrogen-bond donors (Lipinski definition) is 0. The van der Waals surface area contributed by atoms with Crippen molar-refractivity contribution in [3.8, 4) is 11.5 Å². The van der Waals surface area contributed by atoms with Gasteiger partial charge in [-0.3, -0.25) is 4.90 Å². The lowest BCUT2D eigenvalue weighted by molar-refractivity contribution is -0.168. The summed E-state index contributed by atoms with van der Waals surface area (Å²) < 4.78 is 19.6. The van der Waals surface area contributed by atoms with E-state index in [-0.39, 0.29) is 23.2 Å². The van der Waals surface area contributed by atoms with Crippen molar-refractivity contribution in [2.24, 2.45) is 5.92 Å². The molecule has 2 aromatic rings. The molecule has 1 heterocycles. The molecule has 4 heteroatoms. The van der Waals surface area contributed by atoms with Crippen molar-refractivity contribution < 1.29 is 14.2 Å². The minimum atomic E-state index is -0.367. The number of nitrogens with zero attached hydrogens (tertiary/aromatic N) is 1. The highest BCUT2D eigenvalue weighted by atomic mass is 16.5. The smallest absolute Gasteiger partial charge is 0.166 e. The zero-order valence-electron chi connectivity index (χ0n) is 21.3. The van der Waals surface area contributed by atoms with E-state index in [4.69, 9.17) is 14.2 Å². The summed E-state index contributed by atoms with van der Waals surface area (Å²) in [4.78, 5) is 2.60. The van der Waals surface area contributed by atoms with E-state index in [0.29, 0.717) is 6.61 Å². The molecule has 4 nitrogen and oxygen atoms in total. The second-order valence-corrected chi connectivity index (χ2v) is 11.1. The third-order valence-electron chi connectivity index (χ3n) is 9.05. The number of ether oxygens (including phenoxy) is 3. The normalized spacial score (nSPS) is 31.0. The van der Waals surface area contributed by atoms with Crippen molar-refractivity contribution in [2.45, 2.75) is 62.2 Å². The Morgan fingerprint density at radius 2 is 1.97 bits per heavy atom. The van der Waals surface area contributed by atoms with Crippen LogP contribution in [0.25, 0.3) is 6.08 Å². The van der Waals surface area contributed by atoms with Crippen LogP contribution in [0.3, 0.4) is 0 Å². The lowest BCUT2D eigenvalue weighted by atomic mass is 9.52. The average molecular weight is 472 g/mol. The Labute approximate surface area is 209 Å². The van der Waals surface area contributed by atoms with Gasteiger partial charge in [0.2, 0.25) is 0 Å². The highest BCUT2D eigenvalue weighted by Gasteiger charge is 2.69. The standard InChI is InChI=1S/C31H37NO3/c1-21-16-17-31(34-18-8-11-22-9-6-5-7-10-22)26(32(3)20-23-12-13-23)19-24-14-15-25(33-4)28-27(24)30(31,2)29(21)35-28/h5-11,14-15,23,26,29H,1,12-13,16-20H2,2-4H3/b11-8+/t26?,29-,30-,31?/m0/s1. The van der Waals surface area contributed by atoms with Crippen molar-refractivity contribution >= 4 is 6.08 Å². The molecule has 2 saturated carbocycles. The van der Waals surface area contributed by atoms with Crippen LogP contribution < -0.4 is 9.47 Å². The van der Waals surface area contributed by atoms with Gasteiger partial charge in [-0.15, -0.1) is 0 Å². The summed E-state index contributed by atoms with van der Waals surface area (Å²) in [6, 6.07) is 15.1. The molecule has 0 amide bonds. The second-order valence-electron chi connectivity index (χ2n) is 11.1. The predicted octanol–water partition coefficient (Wildman–Crippen LogP) is 5.80. The van der Waals surface area contributed by atoms with Crippen LogP contribution in [-0.2, 0) is 16.6 Å². The fourth-order valence-corrected chi connectivity index (χ4v) is 7.15. The van der Waals surface area contributed by atoms with Crippen LogP contribution in [0, 0.1) is 5.92 Å². The number of rotatable bonds is 8. The van der Waals surface area contributed by atoms with Gasteiger partial charge in [-0.05, 0) is 74.8 Å².